The van der Waals surface area contributed by atoms with Crippen LogP contribution >= 0.6 is 23.2 Å². The molecule has 1 aromatic heterocycles. The van der Waals surface area contributed by atoms with Crippen LogP contribution in [-0.4, -0.2) is 4.98 Å². The molecule has 1 aromatic carbocycles. The summed E-state index contributed by atoms with van der Waals surface area (Å²) in [5, 5.41) is 1.13. The van der Waals surface area contributed by atoms with E-state index in [0.29, 0.717) is 10.0 Å². The van der Waals surface area contributed by atoms with Crippen LogP contribution in [0.3, 0.4) is 0 Å². The second-order valence-corrected chi connectivity index (χ2v) is 3.68. The van der Waals surface area contributed by atoms with Crippen molar-refractivity contribution in [3.8, 4) is 11.1 Å². The van der Waals surface area contributed by atoms with E-state index in [4.69, 9.17) is 23.2 Å². The van der Waals surface area contributed by atoms with Crippen molar-refractivity contribution in [1.29, 1.82) is 0 Å². The van der Waals surface area contributed by atoms with E-state index in [1.165, 1.54) is 0 Å². The lowest BCUT2D eigenvalue weighted by molar-refractivity contribution is 1.33. The van der Waals surface area contributed by atoms with Crippen molar-refractivity contribution in [2.24, 2.45) is 0 Å². The summed E-state index contributed by atoms with van der Waals surface area (Å²) in [4.78, 5) is 4.04. The molecular weight excluding hydrogens is 217 g/mol. The molecule has 1 heterocycles. The van der Waals surface area contributed by atoms with Crippen molar-refractivity contribution >= 4 is 23.2 Å². The summed E-state index contributed by atoms with van der Waals surface area (Å²) < 4.78 is 0. The predicted molar refractivity (Wildman–Crippen MR) is 59.7 cm³/mol. The first-order valence-electron chi connectivity index (χ1n) is 4.13. The Hall–Kier alpha value is -1.05. The Morgan fingerprint density at radius 2 is 1.79 bits per heavy atom. The van der Waals surface area contributed by atoms with Gasteiger partial charge in [-0.05, 0) is 23.8 Å². The van der Waals surface area contributed by atoms with E-state index in [0.717, 1.165) is 11.1 Å². The molecule has 0 aliphatic carbocycles. The summed E-state index contributed by atoms with van der Waals surface area (Å²) in [6.07, 6.45) is 3.53. The molecule has 14 heavy (non-hydrogen) atoms. The maximum Gasteiger partial charge on any atom is 0.0598 e. The first kappa shape index (κ1) is 9.50. The molecule has 70 valence electrons. The molecule has 3 heteroatoms. The molecule has 0 N–H and O–H groups in total. The van der Waals surface area contributed by atoms with E-state index < -0.39 is 0 Å². The number of benzene rings is 1. The SMILES string of the molecule is Clc1ccc(-c2cccnc2)cc1Cl. The normalized spacial score (nSPS) is 10.1. The van der Waals surface area contributed by atoms with Gasteiger partial charge in [0.2, 0.25) is 0 Å². The smallest absolute Gasteiger partial charge is 0.0598 e. The standard InChI is InChI=1S/C11H7Cl2N/c12-10-4-3-8(6-11(10)13)9-2-1-5-14-7-9/h1-7H. The van der Waals surface area contributed by atoms with Crippen molar-refractivity contribution in [3.05, 3.63) is 52.8 Å². The van der Waals surface area contributed by atoms with Crippen LogP contribution in [0.1, 0.15) is 0 Å². The number of pyridine rings is 1. The minimum atomic E-state index is 0.563. The molecule has 0 saturated heterocycles. The van der Waals surface area contributed by atoms with Crippen molar-refractivity contribution < 1.29 is 0 Å². The largest absolute Gasteiger partial charge is 0.264 e. The minimum Gasteiger partial charge on any atom is -0.264 e. The lowest BCUT2D eigenvalue weighted by Crippen LogP contribution is -1.79. The van der Waals surface area contributed by atoms with Crippen LogP contribution in [0.15, 0.2) is 42.7 Å². The van der Waals surface area contributed by atoms with E-state index >= 15 is 0 Å². The predicted octanol–water partition coefficient (Wildman–Crippen LogP) is 4.06. The zero-order chi connectivity index (χ0) is 9.97. The lowest BCUT2D eigenvalue weighted by Gasteiger charge is -2.02. The van der Waals surface area contributed by atoms with Crippen molar-refractivity contribution in [2.45, 2.75) is 0 Å². The molecule has 0 spiro atoms. The Morgan fingerprint density at radius 3 is 2.43 bits per heavy atom. The maximum atomic E-state index is 5.91. The molecule has 0 aliphatic rings. The van der Waals surface area contributed by atoms with Crippen LogP contribution in [0.2, 0.25) is 10.0 Å². The number of hydrogen-bond donors (Lipinski definition) is 0. The van der Waals surface area contributed by atoms with Crippen molar-refractivity contribution in [3.63, 3.8) is 0 Å². The average Bonchev–Trinajstić information content (AvgIpc) is 2.23. The Labute approximate surface area is 92.3 Å². The van der Waals surface area contributed by atoms with E-state index in [2.05, 4.69) is 4.98 Å². The van der Waals surface area contributed by atoms with Gasteiger partial charge in [0.1, 0.15) is 0 Å². The Kier molecular flexibility index (Phi) is 2.71. The monoisotopic (exact) mass is 223 g/mol. The van der Waals surface area contributed by atoms with Gasteiger partial charge in [0.15, 0.2) is 0 Å². The van der Waals surface area contributed by atoms with Gasteiger partial charge in [0.25, 0.3) is 0 Å². The molecule has 0 bridgehead atoms. The van der Waals surface area contributed by atoms with Gasteiger partial charge in [-0.1, -0.05) is 35.3 Å². The first-order chi connectivity index (χ1) is 6.77. The molecule has 2 rings (SSSR count). The molecule has 0 radical (unpaired) electrons. The third kappa shape index (κ3) is 1.89. The highest BCUT2D eigenvalue weighted by Crippen LogP contribution is 2.27. The molecule has 0 atom stereocenters. The first-order valence-corrected chi connectivity index (χ1v) is 4.88. The number of aromatic nitrogens is 1. The topological polar surface area (TPSA) is 12.9 Å². The summed E-state index contributed by atoms with van der Waals surface area (Å²) in [5.74, 6) is 0. The fraction of sp³-hybridized carbons (Fsp3) is 0. The number of nitrogens with zero attached hydrogens (tertiary/aromatic N) is 1. The summed E-state index contributed by atoms with van der Waals surface area (Å²) in [6, 6.07) is 9.41. The van der Waals surface area contributed by atoms with Crippen LogP contribution < -0.4 is 0 Å². The van der Waals surface area contributed by atoms with Gasteiger partial charge in [-0.2, -0.15) is 0 Å². The highest BCUT2D eigenvalue weighted by atomic mass is 35.5. The molecule has 0 amide bonds. The fourth-order valence-electron chi connectivity index (χ4n) is 1.21. The van der Waals surface area contributed by atoms with Gasteiger partial charge < -0.3 is 0 Å². The summed E-state index contributed by atoms with van der Waals surface area (Å²) in [7, 11) is 0. The molecule has 0 aliphatic heterocycles. The highest BCUT2D eigenvalue weighted by Gasteiger charge is 2.01. The van der Waals surface area contributed by atoms with Gasteiger partial charge in [0, 0.05) is 18.0 Å². The zero-order valence-corrected chi connectivity index (χ0v) is 8.76. The molecule has 1 nitrogen and oxygen atoms in total. The van der Waals surface area contributed by atoms with Crippen LogP contribution in [0.4, 0.5) is 0 Å². The Balaban J connectivity index is 2.48. The molecular formula is C11H7Cl2N. The average molecular weight is 224 g/mol. The van der Waals surface area contributed by atoms with Crippen LogP contribution in [0.25, 0.3) is 11.1 Å². The molecule has 0 saturated carbocycles. The summed E-state index contributed by atoms with van der Waals surface area (Å²) in [6.45, 7) is 0. The van der Waals surface area contributed by atoms with Crippen LogP contribution in [0.5, 0.6) is 0 Å². The van der Waals surface area contributed by atoms with Crippen LogP contribution in [-0.2, 0) is 0 Å². The third-order valence-electron chi connectivity index (χ3n) is 1.91. The fourth-order valence-corrected chi connectivity index (χ4v) is 1.51. The van der Waals surface area contributed by atoms with E-state index in [1.807, 2.05) is 24.3 Å². The van der Waals surface area contributed by atoms with E-state index in [9.17, 15) is 0 Å². The maximum absolute atomic E-state index is 5.91. The number of hydrogen-bond acceptors (Lipinski definition) is 1. The number of rotatable bonds is 1. The Morgan fingerprint density at radius 1 is 0.929 bits per heavy atom. The van der Waals surface area contributed by atoms with Gasteiger partial charge in [-0.25, -0.2) is 0 Å². The van der Waals surface area contributed by atoms with Crippen LogP contribution in [0, 0.1) is 0 Å². The highest BCUT2D eigenvalue weighted by molar-refractivity contribution is 6.42. The number of halogens is 2. The summed E-state index contributed by atoms with van der Waals surface area (Å²) in [5.41, 5.74) is 2.05. The van der Waals surface area contributed by atoms with Crippen molar-refractivity contribution in [2.75, 3.05) is 0 Å². The zero-order valence-electron chi connectivity index (χ0n) is 7.24. The van der Waals surface area contributed by atoms with E-state index in [-0.39, 0.29) is 0 Å². The molecule has 0 fully saturated rings. The molecule has 2 aromatic rings. The van der Waals surface area contributed by atoms with Gasteiger partial charge in [0.05, 0.1) is 10.0 Å². The van der Waals surface area contributed by atoms with Gasteiger partial charge in [-0.15, -0.1) is 0 Å². The minimum absolute atomic E-state index is 0.563. The lowest BCUT2D eigenvalue weighted by atomic mass is 10.1. The quantitative estimate of drug-likeness (QED) is 0.711. The van der Waals surface area contributed by atoms with Gasteiger partial charge >= 0.3 is 0 Å². The van der Waals surface area contributed by atoms with E-state index in [1.54, 1.807) is 18.5 Å². The third-order valence-corrected chi connectivity index (χ3v) is 2.65. The molecule has 0 unspecified atom stereocenters. The van der Waals surface area contributed by atoms with Crippen molar-refractivity contribution in [1.82, 2.24) is 4.98 Å². The second kappa shape index (κ2) is 3.99. The second-order valence-electron chi connectivity index (χ2n) is 2.87. The van der Waals surface area contributed by atoms with Gasteiger partial charge in [-0.3, -0.25) is 4.98 Å². The Bertz CT molecular complexity index is 440. The summed E-state index contributed by atoms with van der Waals surface area (Å²) >= 11 is 11.7.